The average Bonchev–Trinajstić information content (AvgIpc) is 2.65. The predicted molar refractivity (Wildman–Crippen MR) is 77.8 cm³/mol. The van der Waals surface area contributed by atoms with Crippen molar-refractivity contribution in [3.63, 3.8) is 0 Å². The molecule has 3 N–H and O–H groups in total. The van der Waals surface area contributed by atoms with Crippen molar-refractivity contribution in [2.75, 3.05) is 57.1 Å². The number of hydrogen-bond acceptors (Lipinski definition) is 5. The SMILES string of the molecule is COc1ccc(N2CCCN(CCO)CC2)c(N)c1. The fraction of sp³-hybridized carbons (Fsp3) is 0.571. The molecule has 19 heavy (non-hydrogen) atoms. The summed E-state index contributed by atoms with van der Waals surface area (Å²) < 4.78 is 5.18. The van der Waals surface area contributed by atoms with E-state index in [-0.39, 0.29) is 6.61 Å². The van der Waals surface area contributed by atoms with E-state index in [1.54, 1.807) is 7.11 Å². The number of rotatable bonds is 4. The van der Waals surface area contributed by atoms with Crippen molar-refractivity contribution in [3.8, 4) is 5.75 Å². The fourth-order valence-electron chi connectivity index (χ4n) is 2.52. The Morgan fingerprint density at radius 1 is 1.26 bits per heavy atom. The highest BCUT2D eigenvalue weighted by Gasteiger charge is 2.16. The molecule has 1 aromatic rings. The molecule has 1 saturated heterocycles. The zero-order valence-corrected chi connectivity index (χ0v) is 11.5. The molecule has 0 radical (unpaired) electrons. The summed E-state index contributed by atoms with van der Waals surface area (Å²) in [5.74, 6) is 0.790. The zero-order valence-electron chi connectivity index (χ0n) is 11.5. The van der Waals surface area contributed by atoms with E-state index in [9.17, 15) is 0 Å². The molecule has 1 fully saturated rings. The second-order valence-corrected chi connectivity index (χ2v) is 4.83. The first-order chi connectivity index (χ1) is 9.24. The first-order valence-corrected chi connectivity index (χ1v) is 6.76. The minimum atomic E-state index is 0.227. The van der Waals surface area contributed by atoms with Gasteiger partial charge in [0.25, 0.3) is 0 Å². The molecule has 0 saturated carbocycles. The number of aliphatic hydroxyl groups is 1. The normalized spacial score (nSPS) is 17.3. The van der Waals surface area contributed by atoms with Crippen LogP contribution in [0.15, 0.2) is 18.2 Å². The van der Waals surface area contributed by atoms with Crippen LogP contribution >= 0.6 is 0 Å². The summed E-state index contributed by atoms with van der Waals surface area (Å²) in [6.45, 7) is 4.92. The molecule has 1 aromatic carbocycles. The van der Waals surface area contributed by atoms with E-state index < -0.39 is 0 Å². The zero-order chi connectivity index (χ0) is 13.7. The van der Waals surface area contributed by atoms with Crippen LogP contribution in [-0.4, -0.2) is 56.4 Å². The first-order valence-electron chi connectivity index (χ1n) is 6.76. The van der Waals surface area contributed by atoms with Crippen LogP contribution in [0.5, 0.6) is 5.75 Å². The number of hydrogen-bond donors (Lipinski definition) is 2. The number of ether oxygens (including phenoxy) is 1. The summed E-state index contributed by atoms with van der Waals surface area (Å²) in [7, 11) is 1.65. The second-order valence-electron chi connectivity index (χ2n) is 4.83. The first kappa shape index (κ1) is 14.0. The Morgan fingerprint density at radius 3 is 2.79 bits per heavy atom. The van der Waals surface area contributed by atoms with Gasteiger partial charge in [0, 0.05) is 32.2 Å². The Kier molecular flexibility index (Phi) is 4.87. The minimum Gasteiger partial charge on any atom is -0.497 e. The number of β-amino-alcohol motifs (C(OH)–C–C–N with tert-alkyl or cyclic N) is 1. The lowest BCUT2D eigenvalue weighted by molar-refractivity contribution is 0.204. The van der Waals surface area contributed by atoms with E-state index in [0.29, 0.717) is 0 Å². The third-order valence-corrected chi connectivity index (χ3v) is 3.58. The molecule has 0 amide bonds. The molecule has 2 rings (SSSR count). The lowest BCUT2D eigenvalue weighted by Gasteiger charge is -2.25. The Balaban J connectivity index is 2.05. The summed E-state index contributed by atoms with van der Waals surface area (Å²) >= 11 is 0. The molecule has 0 spiro atoms. The average molecular weight is 265 g/mol. The molecule has 1 aliphatic rings. The Hall–Kier alpha value is -1.46. The van der Waals surface area contributed by atoms with E-state index in [2.05, 4.69) is 9.80 Å². The number of methoxy groups -OCH3 is 1. The monoisotopic (exact) mass is 265 g/mol. The molecular formula is C14H23N3O2. The minimum absolute atomic E-state index is 0.227. The number of benzene rings is 1. The van der Waals surface area contributed by atoms with E-state index in [1.165, 1.54) is 0 Å². The van der Waals surface area contributed by atoms with E-state index in [4.69, 9.17) is 15.6 Å². The van der Waals surface area contributed by atoms with Crippen molar-refractivity contribution in [2.24, 2.45) is 0 Å². The quantitative estimate of drug-likeness (QED) is 0.788. The van der Waals surface area contributed by atoms with Gasteiger partial charge in [0.1, 0.15) is 5.75 Å². The van der Waals surface area contributed by atoms with Crippen LogP contribution in [0.2, 0.25) is 0 Å². The molecule has 0 aliphatic carbocycles. The van der Waals surface area contributed by atoms with Crippen LogP contribution in [0.4, 0.5) is 11.4 Å². The third kappa shape index (κ3) is 3.52. The van der Waals surface area contributed by atoms with Gasteiger partial charge in [-0.1, -0.05) is 0 Å². The molecule has 5 nitrogen and oxygen atoms in total. The molecule has 106 valence electrons. The smallest absolute Gasteiger partial charge is 0.121 e. The van der Waals surface area contributed by atoms with Crippen molar-refractivity contribution in [3.05, 3.63) is 18.2 Å². The number of nitrogens with two attached hydrogens (primary N) is 1. The van der Waals surface area contributed by atoms with Crippen LogP contribution in [0.1, 0.15) is 6.42 Å². The van der Waals surface area contributed by atoms with E-state index in [1.807, 2.05) is 18.2 Å². The summed E-state index contributed by atoms with van der Waals surface area (Å²) in [6, 6.07) is 5.84. The largest absolute Gasteiger partial charge is 0.497 e. The summed E-state index contributed by atoms with van der Waals surface area (Å²) in [4.78, 5) is 4.60. The molecule has 5 heteroatoms. The van der Waals surface area contributed by atoms with Crippen LogP contribution in [0, 0.1) is 0 Å². The fourth-order valence-corrected chi connectivity index (χ4v) is 2.52. The van der Waals surface area contributed by atoms with Gasteiger partial charge in [-0.3, -0.25) is 4.90 Å². The van der Waals surface area contributed by atoms with Gasteiger partial charge in [-0.15, -0.1) is 0 Å². The molecule has 1 heterocycles. The highest BCUT2D eigenvalue weighted by Crippen LogP contribution is 2.28. The summed E-state index contributed by atoms with van der Waals surface area (Å²) in [5.41, 5.74) is 7.93. The van der Waals surface area contributed by atoms with E-state index >= 15 is 0 Å². The van der Waals surface area contributed by atoms with Crippen molar-refractivity contribution in [2.45, 2.75) is 6.42 Å². The summed E-state index contributed by atoms with van der Waals surface area (Å²) in [5, 5.41) is 9.01. The van der Waals surface area contributed by atoms with Crippen LogP contribution < -0.4 is 15.4 Å². The molecule has 0 unspecified atom stereocenters. The van der Waals surface area contributed by atoms with Gasteiger partial charge < -0.3 is 20.5 Å². The lowest BCUT2D eigenvalue weighted by atomic mass is 10.2. The summed E-state index contributed by atoms with van der Waals surface area (Å²) in [6.07, 6.45) is 1.09. The van der Waals surface area contributed by atoms with Gasteiger partial charge in [0.05, 0.1) is 25.1 Å². The van der Waals surface area contributed by atoms with Gasteiger partial charge in [-0.2, -0.15) is 0 Å². The van der Waals surface area contributed by atoms with Gasteiger partial charge in [-0.25, -0.2) is 0 Å². The van der Waals surface area contributed by atoms with Gasteiger partial charge in [0.15, 0.2) is 0 Å². The molecular weight excluding hydrogens is 242 g/mol. The highest BCUT2D eigenvalue weighted by atomic mass is 16.5. The van der Waals surface area contributed by atoms with Crippen LogP contribution in [-0.2, 0) is 0 Å². The van der Waals surface area contributed by atoms with Gasteiger partial charge in [0.2, 0.25) is 0 Å². The number of aliphatic hydroxyl groups excluding tert-OH is 1. The van der Waals surface area contributed by atoms with Crippen LogP contribution in [0.25, 0.3) is 0 Å². The Labute approximate surface area is 114 Å². The van der Waals surface area contributed by atoms with Crippen molar-refractivity contribution in [1.82, 2.24) is 4.90 Å². The standard InChI is InChI=1S/C14H23N3O2/c1-19-12-3-4-14(13(15)11-12)17-6-2-5-16(7-8-17)9-10-18/h3-4,11,18H,2,5-10,15H2,1H3. The van der Waals surface area contributed by atoms with Crippen LogP contribution in [0.3, 0.4) is 0 Å². The highest BCUT2D eigenvalue weighted by molar-refractivity contribution is 5.69. The number of nitrogen functional groups attached to an aromatic ring is 1. The molecule has 0 bridgehead atoms. The molecule has 0 atom stereocenters. The second kappa shape index (κ2) is 6.63. The van der Waals surface area contributed by atoms with Gasteiger partial charge >= 0.3 is 0 Å². The lowest BCUT2D eigenvalue weighted by Crippen LogP contribution is -2.32. The Bertz CT molecular complexity index is 412. The van der Waals surface area contributed by atoms with E-state index in [0.717, 1.165) is 56.3 Å². The molecule has 0 aromatic heterocycles. The number of anilines is 2. The van der Waals surface area contributed by atoms with Gasteiger partial charge in [-0.05, 0) is 25.1 Å². The predicted octanol–water partition coefficient (Wildman–Crippen LogP) is 0.782. The number of nitrogens with zero attached hydrogens (tertiary/aromatic N) is 2. The maximum atomic E-state index is 9.01. The topological polar surface area (TPSA) is 62.0 Å². The van der Waals surface area contributed by atoms with Crippen molar-refractivity contribution in [1.29, 1.82) is 0 Å². The maximum absolute atomic E-state index is 9.01. The van der Waals surface area contributed by atoms with Crippen molar-refractivity contribution >= 4 is 11.4 Å². The Morgan fingerprint density at radius 2 is 2.11 bits per heavy atom. The third-order valence-electron chi connectivity index (χ3n) is 3.58. The maximum Gasteiger partial charge on any atom is 0.121 e. The van der Waals surface area contributed by atoms with Crippen molar-refractivity contribution < 1.29 is 9.84 Å². The molecule has 1 aliphatic heterocycles.